The Bertz CT molecular complexity index is 158. The van der Waals surface area contributed by atoms with Crippen molar-refractivity contribution in [1.29, 1.82) is 0 Å². The second-order valence-electron chi connectivity index (χ2n) is 4.31. The minimum Gasteiger partial charge on any atom is -0.316 e. The molecule has 0 bridgehead atoms. The van der Waals surface area contributed by atoms with E-state index >= 15 is 0 Å². The molecule has 2 aliphatic heterocycles. The molecule has 0 aromatic rings. The number of likely N-dealkylation sites (tertiary alicyclic amines) is 1. The first kappa shape index (κ1) is 7.56. The van der Waals surface area contributed by atoms with Crippen molar-refractivity contribution in [1.82, 2.24) is 10.2 Å². The van der Waals surface area contributed by atoms with E-state index in [2.05, 4.69) is 24.1 Å². The molecule has 0 aromatic heterocycles. The van der Waals surface area contributed by atoms with Gasteiger partial charge in [0.25, 0.3) is 0 Å². The van der Waals surface area contributed by atoms with Crippen LogP contribution in [0.15, 0.2) is 0 Å². The summed E-state index contributed by atoms with van der Waals surface area (Å²) in [5.41, 5.74) is 0.593. The third-order valence-corrected chi connectivity index (χ3v) is 3.42. The van der Waals surface area contributed by atoms with Crippen molar-refractivity contribution in [3.05, 3.63) is 0 Å². The quantitative estimate of drug-likeness (QED) is 0.593. The number of rotatable bonds is 1. The fourth-order valence-electron chi connectivity index (χ4n) is 2.52. The summed E-state index contributed by atoms with van der Waals surface area (Å²) in [6, 6.07) is 0. The third-order valence-electron chi connectivity index (χ3n) is 3.42. The number of hydrogen-bond acceptors (Lipinski definition) is 2. The maximum absolute atomic E-state index is 3.48. The molecule has 2 nitrogen and oxygen atoms in total. The Kier molecular flexibility index (Phi) is 1.69. The van der Waals surface area contributed by atoms with Gasteiger partial charge in [-0.1, -0.05) is 13.8 Å². The summed E-state index contributed by atoms with van der Waals surface area (Å²) in [7, 11) is 0. The van der Waals surface area contributed by atoms with E-state index in [1.807, 2.05) is 0 Å². The van der Waals surface area contributed by atoms with Crippen molar-refractivity contribution >= 4 is 0 Å². The van der Waals surface area contributed by atoms with E-state index in [-0.39, 0.29) is 0 Å². The second-order valence-corrected chi connectivity index (χ2v) is 4.31. The standard InChI is InChI=1S/C9H18N2/c1-3-11-5-8-4-10-6-9(8,2)7-11/h8,10H,3-7H2,1-2H3/t8-,9+/m0/s1. The molecule has 2 aliphatic rings. The highest BCUT2D eigenvalue weighted by Gasteiger charge is 2.45. The first-order valence-corrected chi connectivity index (χ1v) is 4.68. The van der Waals surface area contributed by atoms with Crippen molar-refractivity contribution in [3.8, 4) is 0 Å². The van der Waals surface area contributed by atoms with Crippen LogP contribution < -0.4 is 5.32 Å². The summed E-state index contributed by atoms with van der Waals surface area (Å²) in [5, 5.41) is 3.48. The van der Waals surface area contributed by atoms with Crippen LogP contribution in [0.4, 0.5) is 0 Å². The normalized spacial score (nSPS) is 44.7. The molecule has 2 fully saturated rings. The molecule has 64 valence electrons. The van der Waals surface area contributed by atoms with Crippen LogP contribution in [0.25, 0.3) is 0 Å². The van der Waals surface area contributed by atoms with Crippen molar-refractivity contribution in [2.24, 2.45) is 11.3 Å². The fourth-order valence-corrected chi connectivity index (χ4v) is 2.52. The molecule has 0 spiro atoms. The van der Waals surface area contributed by atoms with Gasteiger partial charge in [0.15, 0.2) is 0 Å². The Morgan fingerprint density at radius 3 is 3.09 bits per heavy atom. The van der Waals surface area contributed by atoms with Crippen LogP contribution in [0.1, 0.15) is 13.8 Å². The van der Waals surface area contributed by atoms with Gasteiger partial charge in [-0.05, 0) is 24.4 Å². The molecule has 0 amide bonds. The van der Waals surface area contributed by atoms with Gasteiger partial charge in [-0.2, -0.15) is 0 Å². The third kappa shape index (κ3) is 1.09. The Hall–Kier alpha value is -0.0800. The number of nitrogens with zero attached hydrogens (tertiary/aromatic N) is 1. The van der Waals surface area contributed by atoms with Crippen LogP contribution in [-0.2, 0) is 0 Å². The highest BCUT2D eigenvalue weighted by atomic mass is 15.2. The number of hydrogen-bond donors (Lipinski definition) is 1. The summed E-state index contributed by atoms with van der Waals surface area (Å²) in [5.74, 6) is 0.919. The molecule has 11 heavy (non-hydrogen) atoms. The summed E-state index contributed by atoms with van der Waals surface area (Å²) >= 11 is 0. The van der Waals surface area contributed by atoms with Gasteiger partial charge in [0.1, 0.15) is 0 Å². The molecule has 2 atom stereocenters. The smallest absolute Gasteiger partial charge is 0.00511 e. The fraction of sp³-hybridized carbons (Fsp3) is 1.00. The van der Waals surface area contributed by atoms with Crippen LogP contribution in [0.5, 0.6) is 0 Å². The van der Waals surface area contributed by atoms with Gasteiger partial charge < -0.3 is 10.2 Å². The monoisotopic (exact) mass is 154 g/mol. The summed E-state index contributed by atoms with van der Waals surface area (Å²) < 4.78 is 0. The zero-order valence-corrected chi connectivity index (χ0v) is 7.56. The van der Waals surface area contributed by atoms with E-state index in [1.54, 1.807) is 0 Å². The van der Waals surface area contributed by atoms with Crippen molar-refractivity contribution < 1.29 is 0 Å². The average Bonchev–Trinajstić information content (AvgIpc) is 2.42. The highest BCUT2D eigenvalue weighted by molar-refractivity contribution is 4.99. The summed E-state index contributed by atoms with van der Waals surface area (Å²) in [6.07, 6.45) is 0. The molecule has 0 aliphatic carbocycles. The maximum atomic E-state index is 3.48. The van der Waals surface area contributed by atoms with Gasteiger partial charge in [0, 0.05) is 19.6 Å². The van der Waals surface area contributed by atoms with Crippen LogP contribution in [0.3, 0.4) is 0 Å². The Morgan fingerprint density at radius 1 is 1.64 bits per heavy atom. The molecular formula is C9H18N2. The topological polar surface area (TPSA) is 15.3 Å². The van der Waals surface area contributed by atoms with Gasteiger partial charge in [-0.3, -0.25) is 0 Å². The highest BCUT2D eigenvalue weighted by Crippen LogP contribution is 2.37. The van der Waals surface area contributed by atoms with Crippen molar-refractivity contribution in [3.63, 3.8) is 0 Å². The SMILES string of the molecule is CCN1C[C@@H]2CNC[C@]2(C)C1. The Labute approximate surface area is 69.0 Å². The van der Waals surface area contributed by atoms with Gasteiger partial charge in [0.05, 0.1) is 0 Å². The molecule has 2 heteroatoms. The molecule has 2 heterocycles. The zero-order valence-electron chi connectivity index (χ0n) is 7.56. The lowest BCUT2D eigenvalue weighted by Gasteiger charge is -2.21. The van der Waals surface area contributed by atoms with E-state index in [0.717, 1.165) is 5.92 Å². The molecule has 2 saturated heterocycles. The van der Waals surface area contributed by atoms with Crippen molar-refractivity contribution in [2.45, 2.75) is 13.8 Å². The maximum Gasteiger partial charge on any atom is 0.00511 e. The molecule has 0 radical (unpaired) electrons. The van der Waals surface area contributed by atoms with E-state index in [1.165, 1.54) is 32.7 Å². The van der Waals surface area contributed by atoms with E-state index < -0.39 is 0 Å². The first-order valence-electron chi connectivity index (χ1n) is 4.68. The Morgan fingerprint density at radius 2 is 2.45 bits per heavy atom. The predicted octanol–water partition coefficient (Wildman–Crippen LogP) is 0.548. The minimum absolute atomic E-state index is 0.593. The molecule has 1 N–H and O–H groups in total. The average molecular weight is 154 g/mol. The van der Waals surface area contributed by atoms with Crippen LogP contribution in [-0.4, -0.2) is 37.6 Å². The van der Waals surface area contributed by atoms with E-state index in [9.17, 15) is 0 Å². The number of fused-ring (bicyclic) bond motifs is 1. The van der Waals surface area contributed by atoms with E-state index in [0.29, 0.717) is 5.41 Å². The molecule has 0 saturated carbocycles. The first-order chi connectivity index (χ1) is 5.24. The van der Waals surface area contributed by atoms with Crippen LogP contribution in [0.2, 0.25) is 0 Å². The summed E-state index contributed by atoms with van der Waals surface area (Å²) in [6.45, 7) is 11.0. The minimum atomic E-state index is 0.593. The molecule has 2 rings (SSSR count). The zero-order chi connectivity index (χ0) is 7.90. The summed E-state index contributed by atoms with van der Waals surface area (Å²) in [4.78, 5) is 2.57. The van der Waals surface area contributed by atoms with Crippen molar-refractivity contribution in [2.75, 3.05) is 32.7 Å². The lowest BCUT2D eigenvalue weighted by atomic mass is 9.83. The van der Waals surface area contributed by atoms with Crippen LogP contribution >= 0.6 is 0 Å². The van der Waals surface area contributed by atoms with Gasteiger partial charge in [-0.25, -0.2) is 0 Å². The number of nitrogens with one attached hydrogen (secondary N) is 1. The van der Waals surface area contributed by atoms with Crippen LogP contribution in [0, 0.1) is 11.3 Å². The van der Waals surface area contributed by atoms with Gasteiger partial charge >= 0.3 is 0 Å². The Balaban J connectivity index is 2.06. The lowest BCUT2D eigenvalue weighted by Crippen LogP contribution is -2.29. The molecule has 0 unspecified atom stereocenters. The lowest BCUT2D eigenvalue weighted by molar-refractivity contribution is 0.288. The molecule has 0 aromatic carbocycles. The van der Waals surface area contributed by atoms with Gasteiger partial charge in [0.2, 0.25) is 0 Å². The largest absolute Gasteiger partial charge is 0.316 e. The van der Waals surface area contributed by atoms with E-state index in [4.69, 9.17) is 0 Å². The molecular weight excluding hydrogens is 136 g/mol. The second kappa shape index (κ2) is 2.46. The predicted molar refractivity (Wildman–Crippen MR) is 46.6 cm³/mol. The van der Waals surface area contributed by atoms with Gasteiger partial charge in [-0.15, -0.1) is 0 Å².